The molecule has 0 radical (unpaired) electrons. The van der Waals surface area contributed by atoms with E-state index in [1.165, 1.54) is 11.0 Å². The highest BCUT2D eigenvalue weighted by atomic mass is 79.9. The molecular formula is C8H9BrN6O. The first-order valence-corrected chi connectivity index (χ1v) is 5.27. The molecule has 2 heterocycles. The van der Waals surface area contributed by atoms with E-state index < -0.39 is 0 Å². The number of nitrogens with zero attached hydrogens (tertiary/aromatic N) is 4. The summed E-state index contributed by atoms with van der Waals surface area (Å²) in [5.74, 6) is 0.688. The molecule has 2 aromatic heterocycles. The maximum atomic E-state index is 11.5. The van der Waals surface area contributed by atoms with Gasteiger partial charge in [-0.05, 0) is 15.9 Å². The van der Waals surface area contributed by atoms with Gasteiger partial charge in [0.05, 0.1) is 18.4 Å². The van der Waals surface area contributed by atoms with Crippen molar-refractivity contribution in [1.29, 1.82) is 0 Å². The van der Waals surface area contributed by atoms with Crippen molar-refractivity contribution < 1.29 is 0 Å². The number of halogens is 1. The van der Waals surface area contributed by atoms with Gasteiger partial charge in [-0.15, -0.1) is 0 Å². The summed E-state index contributed by atoms with van der Waals surface area (Å²) >= 11 is 3.21. The molecule has 0 aromatic carbocycles. The van der Waals surface area contributed by atoms with Crippen LogP contribution in [0.4, 0.5) is 5.69 Å². The lowest BCUT2D eigenvalue weighted by Crippen LogP contribution is -2.21. The molecule has 7 nitrogen and oxygen atoms in total. The Morgan fingerprint density at radius 3 is 3.12 bits per heavy atom. The van der Waals surface area contributed by atoms with Gasteiger partial charge in [0.15, 0.2) is 0 Å². The van der Waals surface area contributed by atoms with Crippen LogP contribution in [-0.4, -0.2) is 25.0 Å². The summed E-state index contributed by atoms with van der Waals surface area (Å²) in [7, 11) is 1.59. The quantitative estimate of drug-likeness (QED) is 0.845. The molecule has 0 atom stereocenters. The summed E-state index contributed by atoms with van der Waals surface area (Å²) in [6.07, 6.45) is 3.00. The number of rotatable bonds is 3. The van der Waals surface area contributed by atoms with Gasteiger partial charge in [0.25, 0.3) is 5.56 Å². The number of hydrogen-bond acceptors (Lipinski definition) is 5. The first kappa shape index (κ1) is 10.8. The Morgan fingerprint density at radius 2 is 2.44 bits per heavy atom. The third-order valence-electron chi connectivity index (χ3n) is 1.99. The lowest BCUT2D eigenvalue weighted by atomic mass is 10.4. The second kappa shape index (κ2) is 4.44. The van der Waals surface area contributed by atoms with Gasteiger partial charge in [-0.25, -0.2) is 9.67 Å². The van der Waals surface area contributed by atoms with E-state index in [-0.39, 0.29) is 5.56 Å². The standard InChI is InChI=1S/C8H9BrN6O/c1-15-8(16)7(9)5(2-13-15)10-3-6-11-4-12-14-6/h2,4,10H,3H2,1H3,(H,11,12,14). The second-order valence-electron chi connectivity index (χ2n) is 3.09. The maximum Gasteiger partial charge on any atom is 0.282 e. The highest BCUT2D eigenvalue weighted by Crippen LogP contribution is 2.15. The maximum absolute atomic E-state index is 11.5. The zero-order valence-corrected chi connectivity index (χ0v) is 10.0. The van der Waals surface area contributed by atoms with Gasteiger partial charge in [0.2, 0.25) is 0 Å². The van der Waals surface area contributed by atoms with E-state index in [0.29, 0.717) is 22.5 Å². The highest BCUT2D eigenvalue weighted by Gasteiger charge is 2.06. The fourth-order valence-electron chi connectivity index (χ4n) is 1.13. The van der Waals surface area contributed by atoms with E-state index in [2.05, 4.69) is 41.5 Å². The predicted molar refractivity (Wildman–Crippen MR) is 60.9 cm³/mol. The predicted octanol–water partition coefficient (Wildman–Crippen LogP) is 0.273. The van der Waals surface area contributed by atoms with Gasteiger partial charge in [-0.1, -0.05) is 0 Å². The summed E-state index contributed by atoms with van der Waals surface area (Å²) in [4.78, 5) is 15.5. The summed E-state index contributed by atoms with van der Waals surface area (Å²) in [6, 6.07) is 0. The SMILES string of the molecule is Cn1ncc(NCc2ncn[nH]2)c(Br)c1=O. The van der Waals surface area contributed by atoms with Gasteiger partial charge in [0.1, 0.15) is 16.6 Å². The van der Waals surface area contributed by atoms with Crippen LogP contribution >= 0.6 is 15.9 Å². The van der Waals surface area contributed by atoms with Crippen LogP contribution < -0.4 is 10.9 Å². The number of aromatic nitrogens is 5. The third-order valence-corrected chi connectivity index (χ3v) is 2.76. The van der Waals surface area contributed by atoms with Crippen molar-refractivity contribution in [2.24, 2.45) is 7.05 Å². The molecule has 0 spiro atoms. The van der Waals surface area contributed by atoms with Crippen molar-refractivity contribution in [3.8, 4) is 0 Å². The normalized spacial score (nSPS) is 10.4. The molecule has 8 heteroatoms. The van der Waals surface area contributed by atoms with Crippen LogP contribution in [0.15, 0.2) is 21.8 Å². The molecule has 0 aliphatic heterocycles. The van der Waals surface area contributed by atoms with Gasteiger partial charge in [0, 0.05) is 7.05 Å². The highest BCUT2D eigenvalue weighted by molar-refractivity contribution is 9.10. The summed E-state index contributed by atoms with van der Waals surface area (Å²) in [6.45, 7) is 0.452. The van der Waals surface area contributed by atoms with E-state index in [9.17, 15) is 4.79 Å². The Labute approximate surface area is 99.0 Å². The smallest absolute Gasteiger partial charge is 0.282 e. The Kier molecular flexibility index (Phi) is 3.00. The topological polar surface area (TPSA) is 88.5 Å². The Morgan fingerprint density at radius 1 is 1.62 bits per heavy atom. The molecule has 0 saturated carbocycles. The molecule has 0 fully saturated rings. The zero-order valence-electron chi connectivity index (χ0n) is 8.44. The summed E-state index contributed by atoms with van der Waals surface area (Å²) in [5.41, 5.74) is 0.432. The van der Waals surface area contributed by atoms with Crippen molar-refractivity contribution >= 4 is 21.6 Å². The van der Waals surface area contributed by atoms with E-state index in [1.54, 1.807) is 13.2 Å². The molecule has 16 heavy (non-hydrogen) atoms. The second-order valence-corrected chi connectivity index (χ2v) is 3.88. The van der Waals surface area contributed by atoms with Crippen LogP contribution in [0.5, 0.6) is 0 Å². The van der Waals surface area contributed by atoms with Crippen LogP contribution in [0.2, 0.25) is 0 Å². The Balaban J connectivity index is 2.16. The van der Waals surface area contributed by atoms with E-state index in [1.807, 2.05) is 0 Å². The van der Waals surface area contributed by atoms with E-state index in [0.717, 1.165) is 0 Å². The number of anilines is 1. The molecule has 84 valence electrons. The number of hydrogen-bond donors (Lipinski definition) is 2. The first-order chi connectivity index (χ1) is 7.68. The fourth-order valence-corrected chi connectivity index (χ4v) is 1.63. The third kappa shape index (κ3) is 2.11. The summed E-state index contributed by atoms with van der Waals surface area (Å²) in [5, 5.41) is 13.4. The number of aromatic amines is 1. The average Bonchev–Trinajstić information content (AvgIpc) is 2.78. The largest absolute Gasteiger partial charge is 0.375 e. The molecular weight excluding hydrogens is 276 g/mol. The first-order valence-electron chi connectivity index (χ1n) is 4.48. The van der Waals surface area contributed by atoms with E-state index >= 15 is 0 Å². The van der Waals surface area contributed by atoms with Gasteiger partial charge < -0.3 is 5.32 Å². The molecule has 0 amide bonds. The molecule has 2 N–H and O–H groups in total. The van der Waals surface area contributed by atoms with Crippen LogP contribution in [0, 0.1) is 0 Å². The molecule has 0 aliphatic carbocycles. The number of aryl methyl sites for hydroxylation is 1. The average molecular weight is 285 g/mol. The molecule has 2 rings (SSSR count). The number of H-pyrrole nitrogens is 1. The monoisotopic (exact) mass is 284 g/mol. The van der Waals surface area contributed by atoms with Crippen molar-refractivity contribution in [3.63, 3.8) is 0 Å². The van der Waals surface area contributed by atoms with Crippen LogP contribution in [0.25, 0.3) is 0 Å². The molecule has 0 aliphatic rings. The molecule has 0 saturated heterocycles. The van der Waals surface area contributed by atoms with Crippen LogP contribution in [0.3, 0.4) is 0 Å². The summed E-state index contributed by atoms with van der Waals surface area (Å²) < 4.78 is 1.70. The fraction of sp³-hybridized carbons (Fsp3) is 0.250. The van der Waals surface area contributed by atoms with Crippen LogP contribution in [-0.2, 0) is 13.6 Å². The minimum atomic E-state index is -0.192. The van der Waals surface area contributed by atoms with Crippen molar-refractivity contribution in [3.05, 3.63) is 33.2 Å². The van der Waals surface area contributed by atoms with Crippen molar-refractivity contribution in [2.75, 3.05) is 5.32 Å². The van der Waals surface area contributed by atoms with Gasteiger partial charge in [-0.3, -0.25) is 9.89 Å². The molecule has 0 unspecified atom stereocenters. The minimum Gasteiger partial charge on any atom is -0.375 e. The van der Waals surface area contributed by atoms with E-state index in [4.69, 9.17) is 0 Å². The van der Waals surface area contributed by atoms with Crippen molar-refractivity contribution in [2.45, 2.75) is 6.54 Å². The minimum absolute atomic E-state index is 0.192. The molecule has 0 bridgehead atoms. The van der Waals surface area contributed by atoms with Crippen molar-refractivity contribution in [1.82, 2.24) is 25.0 Å². The Bertz CT molecular complexity index is 534. The lowest BCUT2D eigenvalue weighted by Gasteiger charge is -2.06. The van der Waals surface area contributed by atoms with Gasteiger partial charge >= 0.3 is 0 Å². The molecule has 2 aromatic rings. The van der Waals surface area contributed by atoms with Gasteiger partial charge in [-0.2, -0.15) is 10.2 Å². The van der Waals surface area contributed by atoms with Crippen LogP contribution in [0.1, 0.15) is 5.82 Å². The zero-order chi connectivity index (χ0) is 11.5. The Hall–Kier alpha value is -1.70. The number of nitrogens with one attached hydrogen (secondary N) is 2. The lowest BCUT2D eigenvalue weighted by molar-refractivity contribution is 0.703.